The summed E-state index contributed by atoms with van der Waals surface area (Å²) in [5, 5.41) is 5.50. The molecule has 138 valence electrons. The van der Waals surface area contributed by atoms with Crippen LogP contribution < -0.4 is 10.2 Å². The third kappa shape index (κ3) is 4.27. The first-order chi connectivity index (χ1) is 13.3. The molecule has 4 rings (SSSR count). The average molecular weight is 359 g/mol. The number of fused-ring (bicyclic) bond motifs is 1. The van der Waals surface area contributed by atoms with Crippen molar-refractivity contribution in [2.24, 2.45) is 5.92 Å². The Morgan fingerprint density at radius 1 is 1.00 bits per heavy atom. The van der Waals surface area contributed by atoms with Gasteiger partial charge < -0.3 is 10.2 Å². The van der Waals surface area contributed by atoms with Crippen LogP contribution in [-0.2, 0) is 11.2 Å². The molecule has 0 unspecified atom stereocenters. The molecule has 1 aliphatic rings. The van der Waals surface area contributed by atoms with Gasteiger partial charge in [0, 0.05) is 25.8 Å². The number of anilines is 1. The average Bonchev–Trinajstić information content (AvgIpc) is 2.74. The van der Waals surface area contributed by atoms with E-state index in [9.17, 15) is 4.79 Å². The van der Waals surface area contributed by atoms with Crippen LogP contribution in [0.3, 0.4) is 0 Å². The maximum absolute atomic E-state index is 12.5. The Labute approximate surface area is 160 Å². The van der Waals surface area contributed by atoms with Gasteiger partial charge >= 0.3 is 0 Å². The highest BCUT2D eigenvalue weighted by molar-refractivity contribution is 5.90. The van der Waals surface area contributed by atoms with Crippen molar-refractivity contribution in [3.63, 3.8) is 0 Å². The third-order valence-electron chi connectivity index (χ3n) is 5.41. The number of amides is 1. The Kier molecular flexibility index (Phi) is 5.33. The van der Waals surface area contributed by atoms with Gasteiger partial charge in [0.05, 0.1) is 6.42 Å². The topological polar surface area (TPSA) is 45.2 Å². The van der Waals surface area contributed by atoms with Crippen LogP contribution >= 0.6 is 0 Å². The van der Waals surface area contributed by atoms with Gasteiger partial charge in [0.25, 0.3) is 0 Å². The predicted octanol–water partition coefficient (Wildman–Crippen LogP) is 3.81. The van der Waals surface area contributed by atoms with Gasteiger partial charge in [-0.3, -0.25) is 4.79 Å². The molecule has 0 atom stereocenters. The minimum Gasteiger partial charge on any atom is -0.357 e. The monoisotopic (exact) mass is 359 g/mol. The van der Waals surface area contributed by atoms with Gasteiger partial charge in [-0.05, 0) is 47.2 Å². The summed E-state index contributed by atoms with van der Waals surface area (Å²) >= 11 is 0. The van der Waals surface area contributed by atoms with Gasteiger partial charge in [-0.2, -0.15) is 0 Å². The molecule has 1 saturated heterocycles. The molecule has 0 aliphatic carbocycles. The third-order valence-corrected chi connectivity index (χ3v) is 5.41. The fourth-order valence-corrected chi connectivity index (χ4v) is 3.85. The van der Waals surface area contributed by atoms with Gasteiger partial charge in [0.1, 0.15) is 5.82 Å². The molecule has 0 radical (unpaired) electrons. The van der Waals surface area contributed by atoms with Crippen LogP contribution in [-0.4, -0.2) is 30.5 Å². The van der Waals surface area contributed by atoms with Gasteiger partial charge in [-0.1, -0.05) is 48.5 Å². The lowest BCUT2D eigenvalue weighted by molar-refractivity contribution is -0.120. The van der Waals surface area contributed by atoms with Crippen LogP contribution in [0.2, 0.25) is 0 Å². The minimum atomic E-state index is 0.110. The van der Waals surface area contributed by atoms with Gasteiger partial charge in [-0.15, -0.1) is 0 Å². The smallest absolute Gasteiger partial charge is 0.224 e. The number of nitrogens with zero attached hydrogens (tertiary/aromatic N) is 2. The molecule has 4 heteroatoms. The van der Waals surface area contributed by atoms with E-state index in [0.717, 1.165) is 43.9 Å². The fourth-order valence-electron chi connectivity index (χ4n) is 3.85. The zero-order valence-corrected chi connectivity index (χ0v) is 15.5. The van der Waals surface area contributed by atoms with Crippen LogP contribution in [0, 0.1) is 5.92 Å². The molecule has 1 aliphatic heterocycles. The van der Waals surface area contributed by atoms with Gasteiger partial charge in [-0.25, -0.2) is 4.98 Å². The summed E-state index contributed by atoms with van der Waals surface area (Å²) in [5.74, 6) is 1.70. The zero-order chi connectivity index (χ0) is 18.5. The Hall–Kier alpha value is -2.88. The molecule has 27 heavy (non-hydrogen) atoms. The van der Waals surface area contributed by atoms with E-state index in [1.165, 1.54) is 10.8 Å². The van der Waals surface area contributed by atoms with Crippen molar-refractivity contribution < 1.29 is 4.79 Å². The van der Waals surface area contributed by atoms with E-state index in [1.807, 2.05) is 42.6 Å². The van der Waals surface area contributed by atoms with Crippen LogP contribution in [0.15, 0.2) is 66.9 Å². The number of hydrogen-bond donors (Lipinski definition) is 1. The SMILES string of the molecule is O=C(Cc1cccc2ccccc12)NCC1CCN(c2ccccn2)CC1. The van der Waals surface area contributed by atoms with E-state index in [2.05, 4.69) is 39.5 Å². The summed E-state index contributed by atoms with van der Waals surface area (Å²) in [6, 6.07) is 20.4. The molecule has 2 aromatic carbocycles. The molecule has 0 spiro atoms. The van der Waals surface area contributed by atoms with Crippen LogP contribution in [0.1, 0.15) is 18.4 Å². The molecule has 4 nitrogen and oxygen atoms in total. The summed E-state index contributed by atoms with van der Waals surface area (Å²) < 4.78 is 0. The Bertz CT molecular complexity index is 896. The first kappa shape index (κ1) is 17.5. The highest BCUT2D eigenvalue weighted by Gasteiger charge is 2.20. The standard InChI is InChI=1S/C23H25N3O/c27-23(16-20-8-5-7-19-6-1-2-9-21(19)20)25-17-18-11-14-26(15-12-18)22-10-3-4-13-24-22/h1-10,13,18H,11-12,14-17H2,(H,25,27). The largest absolute Gasteiger partial charge is 0.357 e. The van der Waals surface area contributed by atoms with E-state index < -0.39 is 0 Å². The molecule has 0 saturated carbocycles. The highest BCUT2D eigenvalue weighted by Crippen LogP contribution is 2.21. The first-order valence-corrected chi connectivity index (χ1v) is 9.69. The summed E-state index contributed by atoms with van der Waals surface area (Å²) in [6.45, 7) is 2.77. The van der Waals surface area contributed by atoms with E-state index >= 15 is 0 Å². The Morgan fingerprint density at radius 3 is 2.59 bits per heavy atom. The van der Waals surface area contributed by atoms with Crippen molar-refractivity contribution in [3.05, 3.63) is 72.4 Å². The predicted molar refractivity (Wildman–Crippen MR) is 110 cm³/mol. The summed E-state index contributed by atoms with van der Waals surface area (Å²) in [6.07, 6.45) is 4.46. The number of benzene rings is 2. The first-order valence-electron chi connectivity index (χ1n) is 9.69. The number of carbonyl (C=O) groups is 1. The highest BCUT2D eigenvalue weighted by atomic mass is 16.1. The summed E-state index contributed by atoms with van der Waals surface area (Å²) in [4.78, 5) is 19.2. The lowest BCUT2D eigenvalue weighted by Gasteiger charge is -2.32. The van der Waals surface area contributed by atoms with E-state index in [0.29, 0.717) is 12.3 Å². The van der Waals surface area contributed by atoms with Gasteiger partial charge in [0.15, 0.2) is 0 Å². The number of aromatic nitrogens is 1. The molecule has 1 fully saturated rings. The molecule has 0 bridgehead atoms. The lowest BCUT2D eigenvalue weighted by atomic mass is 9.96. The molecule has 2 heterocycles. The molecular formula is C23H25N3O. The molecular weight excluding hydrogens is 334 g/mol. The molecule has 1 N–H and O–H groups in total. The van der Waals surface area contributed by atoms with E-state index in [4.69, 9.17) is 0 Å². The maximum Gasteiger partial charge on any atom is 0.224 e. The second-order valence-electron chi connectivity index (χ2n) is 7.24. The number of nitrogens with one attached hydrogen (secondary N) is 1. The normalized spacial score (nSPS) is 15.0. The van der Waals surface area contributed by atoms with Crippen LogP contribution in [0.25, 0.3) is 10.8 Å². The van der Waals surface area contributed by atoms with Crippen LogP contribution in [0.5, 0.6) is 0 Å². The van der Waals surface area contributed by atoms with Crippen molar-refractivity contribution >= 4 is 22.5 Å². The fraction of sp³-hybridized carbons (Fsp3) is 0.304. The van der Waals surface area contributed by atoms with E-state index in [1.54, 1.807) is 0 Å². The quantitative estimate of drug-likeness (QED) is 0.753. The van der Waals surface area contributed by atoms with Crippen molar-refractivity contribution in [3.8, 4) is 0 Å². The number of rotatable bonds is 5. The Morgan fingerprint density at radius 2 is 1.78 bits per heavy atom. The number of pyridine rings is 1. The molecule has 1 aromatic heterocycles. The van der Waals surface area contributed by atoms with Crippen LogP contribution in [0.4, 0.5) is 5.82 Å². The molecule has 1 amide bonds. The Balaban J connectivity index is 1.28. The lowest BCUT2D eigenvalue weighted by Crippen LogP contribution is -2.39. The second-order valence-corrected chi connectivity index (χ2v) is 7.24. The van der Waals surface area contributed by atoms with Crippen molar-refractivity contribution in [1.82, 2.24) is 10.3 Å². The van der Waals surface area contributed by atoms with Gasteiger partial charge in [0.2, 0.25) is 5.91 Å². The molecule has 3 aromatic rings. The second kappa shape index (κ2) is 8.21. The number of piperidine rings is 1. The summed E-state index contributed by atoms with van der Waals surface area (Å²) in [5.41, 5.74) is 1.09. The van der Waals surface area contributed by atoms with Crippen molar-refractivity contribution in [2.75, 3.05) is 24.5 Å². The van der Waals surface area contributed by atoms with E-state index in [-0.39, 0.29) is 5.91 Å². The minimum absolute atomic E-state index is 0.110. The number of carbonyl (C=O) groups excluding carboxylic acids is 1. The van der Waals surface area contributed by atoms with Crippen molar-refractivity contribution in [2.45, 2.75) is 19.3 Å². The maximum atomic E-state index is 12.5. The van der Waals surface area contributed by atoms with Crippen molar-refractivity contribution in [1.29, 1.82) is 0 Å². The number of hydrogen-bond acceptors (Lipinski definition) is 3. The summed E-state index contributed by atoms with van der Waals surface area (Å²) in [7, 11) is 0. The zero-order valence-electron chi connectivity index (χ0n) is 15.5.